The number of hydrogen-bond acceptors (Lipinski definition) is 6. The molecule has 0 spiro atoms. The van der Waals surface area contributed by atoms with Crippen molar-refractivity contribution in [2.24, 2.45) is 0 Å². The fourth-order valence-corrected chi connectivity index (χ4v) is 4.92. The quantitative estimate of drug-likeness (QED) is 0.0234. The number of carbonyl (C=O) groups excluding carboxylic acids is 2. The van der Waals surface area contributed by atoms with Crippen molar-refractivity contribution in [3.8, 4) is 0 Å². The number of nitrogens with zero attached hydrogens (tertiary/aromatic N) is 1. The number of likely N-dealkylation sites (N-methyl/N-ethyl adjacent to an activating group) is 1. The maximum atomic E-state index is 12.7. The summed E-state index contributed by atoms with van der Waals surface area (Å²) in [5.74, 6) is -1.65. The van der Waals surface area contributed by atoms with Crippen molar-refractivity contribution in [3.05, 3.63) is 122 Å². The minimum absolute atomic E-state index is 0.0109. The minimum Gasteiger partial charge on any atom is -0.477 e. The van der Waals surface area contributed by atoms with Crippen LogP contribution in [0, 0.1) is 0 Å². The van der Waals surface area contributed by atoms with E-state index in [9.17, 15) is 19.5 Å². The molecule has 8 nitrogen and oxygen atoms in total. The summed E-state index contributed by atoms with van der Waals surface area (Å²) in [5, 5.41) is 9.60. The van der Waals surface area contributed by atoms with E-state index in [1.54, 1.807) is 0 Å². The van der Waals surface area contributed by atoms with E-state index in [2.05, 4.69) is 74.6 Å². The fourth-order valence-electron chi connectivity index (χ4n) is 4.92. The molecule has 0 aliphatic carbocycles. The predicted molar refractivity (Wildman–Crippen MR) is 229 cm³/mol. The number of hydrogen-bond donors (Lipinski definition) is 1. The van der Waals surface area contributed by atoms with Crippen LogP contribution in [-0.4, -0.2) is 80.6 Å². The second-order valence-corrected chi connectivity index (χ2v) is 13.9. The number of quaternary nitrogens is 1. The third kappa shape index (κ3) is 35.2. The summed E-state index contributed by atoms with van der Waals surface area (Å²) in [5.41, 5.74) is 0. The van der Waals surface area contributed by atoms with Crippen molar-refractivity contribution >= 4 is 17.9 Å². The van der Waals surface area contributed by atoms with Gasteiger partial charge in [0.05, 0.1) is 34.4 Å². The van der Waals surface area contributed by atoms with Crippen molar-refractivity contribution in [1.29, 1.82) is 0 Å². The van der Waals surface area contributed by atoms with E-state index in [0.29, 0.717) is 19.3 Å². The summed E-state index contributed by atoms with van der Waals surface area (Å²) in [6.07, 6.45) is 51.2. The van der Waals surface area contributed by atoms with E-state index >= 15 is 0 Å². The van der Waals surface area contributed by atoms with Crippen LogP contribution in [0.25, 0.3) is 0 Å². The number of rotatable bonds is 33. The largest absolute Gasteiger partial charge is 0.477 e. The zero-order valence-corrected chi connectivity index (χ0v) is 34.6. The Morgan fingerprint density at radius 3 is 1.64 bits per heavy atom. The third-order valence-corrected chi connectivity index (χ3v) is 8.00. The number of unbranched alkanes of at least 4 members (excludes halogenated alkanes) is 3. The molecule has 8 heteroatoms. The highest BCUT2D eigenvalue weighted by Gasteiger charge is 2.31. The van der Waals surface area contributed by atoms with Gasteiger partial charge in [0.2, 0.25) is 0 Å². The average molecular weight is 763 g/mol. The number of ether oxygens (including phenoxy) is 3. The number of aliphatic carboxylic acids is 1. The first-order valence-corrected chi connectivity index (χ1v) is 20.1. The van der Waals surface area contributed by atoms with Gasteiger partial charge in [-0.1, -0.05) is 142 Å². The Labute approximate surface area is 333 Å². The van der Waals surface area contributed by atoms with Crippen molar-refractivity contribution in [2.45, 2.75) is 116 Å². The van der Waals surface area contributed by atoms with Crippen LogP contribution in [-0.2, 0) is 28.6 Å². The highest BCUT2D eigenvalue weighted by molar-refractivity contribution is 5.72. The van der Waals surface area contributed by atoms with Crippen LogP contribution in [0.15, 0.2) is 122 Å². The topological polar surface area (TPSA) is 99.1 Å². The number of esters is 2. The summed E-state index contributed by atoms with van der Waals surface area (Å²) >= 11 is 0. The van der Waals surface area contributed by atoms with Crippen LogP contribution in [0.1, 0.15) is 104 Å². The van der Waals surface area contributed by atoms with Gasteiger partial charge in [0.15, 0.2) is 12.1 Å². The average Bonchev–Trinajstić information content (AvgIpc) is 3.14. The lowest BCUT2D eigenvalue weighted by molar-refractivity contribution is -0.887. The Bertz CT molecular complexity index is 1300. The van der Waals surface area contributed by atoms with E-state index in [1.165, 1.54) is 0 Å². The van der Waals surface area contributed by atoms with Gasteiger partial charge in [-0.3, -0.25) is 9.59 Å². The maximum Gasteiger partial charge on any atom is 0.362 e. The number of carbonyl (C=O) groups is 3. The molecule has 55 heavy (non-hydrogen) atoms. The van der Waals surface area contributed by atoms with Crippen LogP contribution in [0.3, 0.4) is 0 Å². The van der Waals surface area contributed by atoms with E-state index in [4.69, 9.17) is 14.2 Å². The molecule has 1 N–H and O–H groups in total. The normalized spacial score (nSPS) is 14.3. The molecule has 0 fully saturated rings. The molecule has 306 valence electrons. The Kier molecular flexibility index (Phi) is 33.8. The first-order chi connectivity index (χ1) is 26.6. The molecule has 0 saturated carbocycles. The molecule has 0 aromatic rings. The van der Waals surface area contributed by atoms with Crippen molar-refractivity contribution in [1.82, 2.24) is 0 Å². The van der Waals surface area contributed by atoms with Crippen LogP contribution < -0.4 is 0 Å². The van der Waals surface area contributed by atoms with Gasteiger partial charge in [-0.25, -0.2) is 4.79 Å². The second-order valence-electron chi connectivity index (χ2n) is 13.9. The first kappa shape index (κ1) is 50.7. The Balaban J connectivity index is 4.63. The molecule has 2 unspecified atom stereocenters. The standard InChI is InChI=1S/C47H71NO7/c1-6-8-10-12-14-16-18-20-22-24-25-27-29-31-33-35-37-45(49)54-42-43(41-53-40-39-44(47(51)52)48(3,4)5)55-46(50)38-36-34-32-30-28-26-23-21-19-17-15-13-11-9-7-2/h8-11,13-17,19-23,25-28,31,33,43-44H,6-7,12,18,24,29-30,32,34-42H2,1-5H3/p+1/b10-8+,11-9+,15-13+,16-14+,19-17+,22-20+,23-21+,27-25+,28-26+,33-31+. The fraction of sp³-hybridized carbons (Fsp3) is 0.511. The van der Waals surface area contributed by atoms with E-state index in [-0.39, 0.29) is 49.1 Å². The molecule has 0 aromatic heterocycles. The van der Waals surface area contributed by atoms with E-state index in [0.717, 1.165) is 57.8 Å². The molecule has 0 aliphatic heterocycles. The summed E-state index contributed by atoms with van der Waals surface area (Å²) in [4.78, 5) is 36.8. The van der Waals surface area contributed by atoms with E-state index < -0.39 is 18.1 Å². The van der Waals surface area contributed by atoms with Crippen LogP contribution >= 0.6 is 0 Å². The SMILES string of the molecule is CC/C=C/C=C/C=C/C=C/C=C/CCCCCC(=O)OC(COCCC(C(=O)O)[N+](C)(C)C)COC(=O)CC/C=C/C/C=C/C/C=C/C/C=C/C/C=C/CC. The van der Waals surface area contributed by atoms with Gasteiger partial charge in [0, 0.05) is 19.3 Å². The zero-order valence-electron chi connectivity index (χ0n) is 34.6. The Hall–Kier alpha value is -4.27. The predicted octanol–water partition coefficient (Wildman–Crippen LogP) is 10.7. The Morgan fingerprint density at radius 2 is 1.09 bits per heavy atom. The molecule has 2 atom stereocenters. The zero-order chi connectivity index (χ0) is 40.7. The number of carboxylic acids is 1. The van der Waals surface area contributed by atoms with Gasteiger partial charge in [-0.15, -0.1) is 0 Å². The molecule has 0 aliphatic rings. The number of allylic oxidation sites excluding steroid dienone is 20. The highest BCUT2D eigenvalue weighted by atomic mass is 16.6. The van der Waals surface area contributed by atoms with Gasteiger partial charge in [-0.05, 0) is 64.2 Å². The lowest BCUT2D eigenvalue weighted by atomic mass is 10.1. The van der Waals surface area contributed by atoms with Crippen LogP contribution in [0.2, 0.25) is 0 Å². The third-order valence-electron chi connectivity index (χ3n) is 8.00. The minimum atomic E-state index is -0.899. The lowest BCUT2D eigenvalue weighted by Crippen LogP contribution is -2.50. The second kappa shape index (κ2) is 36.7. The van der Waals surface area contributed by atoms with Crippen LogP contribution in [0.4, 0.5) is 0 Å². The van der Waals surface area contributed by atoms with Gasteiger partial charge in [0.1, 0.15) is 6.61 Å². The molecular formula is C47H72NO7+. The smallest absolute Gasteiger partial charge is 0.362 e. The van der Waals surface area contributed by atoms with Gasteiger partial charge in [-0.2, -0.15) is 0 Å². The van der Waals surface area contributed by atoms with Crippen molar-refractivity contribution < 1.29 is 38.2 Å². The molecular weight excluding hydrogens is 691 g/mol. The number of carboxylic acid groups (broad SMARTS) is 1. The monoisotopic (exact) mass is 763 g/mol. The lowest BCUT2D eigenvalue weighted by Gasteiger charge is -2.31. The molecule has 0 aromatic carbocycles. The highest BCUT2D eigenvalue weighted by Crippen LogP contribution is 2.11. The van der Waals surface area contributed by atoms with Gasteiger partial charge >= 0.3 is 17.9 Å². The summed E-state index contributed by atoms with van der Waals surface area (Å²) in [6, 6.07) is -0.641. The molecule has 0 rings (SSSR count). The van der Waals surface area contributed by atoms with Crippen molar-refractivity contribution in [2.75, 3.05) is 41.0 Å². The van der Waals surface area contributed by atoms with Crippen molar-refractivity contribution in [3.63, 3.8) is 0 Å². The summed E-state index contributed by atoms with van der Waals surface area (Å²) < 4.78 is 17.1. The summed E-state index contributed by atoms with van der Waals surface area (Å²) in [7, 11) is 5.46. The van der Waals surface area contributed by atoms with Gasteiger partial charge < -0.3 is 23.8 Å². The Morgan fingerprint density at radius 1 is 0.564 bits per heavy atom. The molecule has 0 bridgehead atoms. The molecule has 0 radical (unpaired) electrons. The maximum absolute atomic E-state index is 12.7. The molecule has 0 amide bonds. The van der Waals surface area contributed by atoms with Crippen LogP contribution in [0.5, 0.6) is 0 Å². The summed E-state index contributed by atoms with van der Waals surface area (Å²) in [6.45, 7) is 4.30. The van der Waals surface area contributed by atoms with E-state index in [1.807, 2.05) is 81.9 Å². The molecule has 0 heterocycles. The molecule has 0 saturated heterocycles. The first-order valence-electron chi connectivity index (χ1n) is 20.1. The van der Waals surface area contributed by atoms with Gasteiger partial charge in [0.25, 0.3) is 0 Å².